The third kappa shape index (κ3) is 5.20. The average Bonchev–Trinajstić information content (AvgIpc) is 3.67. The number of urea groups is 1. The average molecular weight is 537 g/mol. The number of nitrogens with one attached hydrogen (secondary N) is 3. The van der Waals surface area contributed by atoms with Crippen LogP contribution >= 0.6 is 0 Å². The summed E-state index contributed by atoms with van der Waals surface area (Å²) in [5, 5.41) is 9.17. The molecule has 40 heavy (non-hydrogen) atoms. The number of fused-ring (bicyclic) bond motifs is 2. The lowest BCUT2D eigenvalue weighted by atomic mass is 9.86. The third-order valence-electron chi connectivity index (χ3n) is 8.19. The summed E-state index contributed by atoms with van der Waals surface area (Å²) < 4.78 is 0. The molecule has 0 saturated heterocycles. The van der Waals surface area contributed by atoms with Crippen LogP contribution in [0.3, 0.4) is 0 Å². The van der Waals surface area contributed by atoms with Gasteiger partial charge in [0.15, 0.2) is 0 Å². The molecule has 1 saturated carbocycles. The Morgan fingerprint density at radius 1 is 1.00 bits per heavy atom. The van der Waals surface area contributed by atoms with Crippen LogP contribution in [0, 0.1) is 5.92 Å². The van der Waals surface area contributed by atoms with Crippen LogP contribution in [0.1, 0.15) is 71.3 Å². The zero-order valence-electron chi connectivity index (χ0n) is 23.3. The molecule has 1 fully saturated rings. The Balaban J connectivity index is 1.26. The number of hydrogen-bond donors (Lipinski definition) is 3. The highest BCUT2D eigenvalue weighted by Crippen LogP contribution is 2.47. The molecule has 206 valence electrons. The molecule has 6 rings (SSSR count). The molecule has 0 spiro atoms. The highest BCUT2D eigenvalue weighted by atomic mass is 16.2. The molecule has 3 aliphatic rings. The van der Waals surface area contributed by atoms with E-state index >= 15 is 0 Å². The lowest BCUT2D eigenvalue weighted by Crippen LogP contribution is -2.50. The summed E-state index contributed by atoms with van der Waals surface area (Å²) >= 11 is 0. The number of nitrogens with zero attached hydrogens (tertiary/aromatic N) is 1. The molecule has 3 aromatic carbocycles. The van der Waals surface area contributed by atoms with E-state index in [1.54, 1.807) is 0 Å². The van der Waals surface area contributed by atoms with Gasteiger partial charge in [-0.3, -0.25) is 9.59 Å². The summed E-state index contributed by atoms with van der Waals surface area (Å²) in [6.45, 7) is 8.01. The van der Waals surface area contributed by atoms with Crippen LogP contribution in [-0.2, 0) is 30.8 Å². The summed E-state index contributed by atoms with van der Waals surface area (Å²) in [5.41, 5.74) is 8.16. The quantitative estimate of drug-likeness (QED) is 0.434. The number of benzene rings is 3. The minimum Gasteiger partial charge on any atom is -0.352 e. The maximum absolute atomic E-state index is 13.1. The van der Waals surface area contributed by atoms with Gasteiger partial charge in [-0.15, -0.1) is 0 Å². The predicted octanol–water partition coefficient (Wildman–Crippen LogP) is 4.88. The number of hydrogen-bond acceptors (Lipinski definition) is 3. The van der Waals surface area contributed by atoms with Crippen molar-refractivity contribution in [3.63, 3.8) is 0 Å². The van der Waals surface area contributed by atoms with Crippen molar-refractivity contribution in [3.8, 4) is 11.1 Å². The first kappa shape index (κ1) is 26.1. The molecule has 3 aromatic rings. The van der Waals surface area contributed by atoms with Gasteiger partial charge in [-0.2, -0.15) is 0 Å². The smallest absolute Gasteiger partial charge is 0.318 e. The van der Waals surface area contributed by atoms with Crippen molar-refractivity contribution in [2.75, 3.05) is 6.54 Å². The Kier molecular flexibility index (Phi) is 6.61. The van der Waals surface area contributed by atoms with E-state index in [4.69, 9.17) is 0 Å². The summed E-state index contributed by atoms with van der Waals surface area (Å²) in [6, 6.07) is 20.4. The van der Waals surface area contributed by atoms with E-state index in [0.29, 0.717) is 26.2 Å². The molecular weight excluding hydrogens is 500 g/mol. The van der Waals surface area contributed by atoms with Gasteiger partial charge < -0.3 is 20.9 Å². The van der Waals surface area contributed by atoms with Crippen LogP contribution in [0.15, 0.2) is 60.7 Å². The summed E-state index contributed by atoms with van der Waals surface area (Å²) in [6.07, 6.45) is 1.60. The van der Waals surface area contributed by atoms with Crippen LogP contribution in [0.4, 0.5) is 4.79 Å². The largest absolute Gasteiger partial charge is 0.352 e. The van der Waals surface area contributed by atoms with Crippen LogP contribution < -0.4 is 16.0 Å². The fraction of sp³-hybridized carbons (Fsp3) is 0.364. The van der Waals surface area contributed by atoms with Gasteiger partial charge in [-0.25, -0.2) is 4.79 Å². The van der Waals surface area contributed by atoms with Crippen LogP contribution in [0.25, 0.3) is 11.1 Å². The minimum absolute atomic E-state index is 0.00861. The summed E-state index contributed by atoms with van der Waals surface area (Å²) in [5.74, 6) is 0.352. The monoisotopic (exact) mass is 536 g/mol. The molecule has 4 amide bonds. The molecule has 3 N–H and O–H groups in total. The first-order valence-electron chi connectivity index (χ1n) is 14.1. The second-order valence-corrected chi connectivity index (χ2v) is 12.2. The highest BCUT2D eigenvalue weighted by molar-refractivity contribution is 5.99. The van der Waals surface area contributed by atoms with Gasteiger partial charge in [-0.1, -0.05) is 48.5 Å². The van der Waals surface area contributed by atoms with Gasteiger partial charge in [0.2, 0.25) is 5.91 Å². The third-order valence-corrected chi connectivity index (χ3v) is 8.19. The Morgan fingerprint density at radius 3 is 2.55 bits per heavy atom. The lowest BCUT2D eigenvalue weighted by Gasteiger charge is -2.34. The fourth-order valence-electron chi connectivity index (χ4n) is 6.02. The highest BCUT2D eigenvalue weighted by Gasteiger charge is 2.43. The molecule has 0 radical (unpaired) electrons. The molecule has 7 nitrogen and oxygen atoms in total. The van der Waals surface area contributed by atoms with Gasteiger partial charge in [0.25, 0.3) is 5.91 Å². The van der Waals surface area contributed by atoms with Gasteiger partial charge >= 0.3 is 6.03 Å². The molecule has 2 heterocycles. The van der Waals surface area contributed by atoms with Gasteiger partial charge in [0, 0.05) is 43.2 Å². The van der Waals surface area contributed by atoms with Gasteiger partial charge in [0.1, 0.15) is 0 Å². The van der Waals surface area contributed by atoms with Crippen molar-refractivity contribution in [2.24, 2.45) is 5.92 Å². The van der Waals surface area contributed by atoms with Crippen molar-refractivity contribution in [3.05, 3.63) is 94.0 Å². The molecular formula is C33H36N4O3. The zero-order chi connectivity index (χ0) is 28.0. The zero-order valence-corrected chi connectivity index (χ0v) is 23.3. The summed E-state index contributed by atoms with van der Waals surface area (Å²) in [4.78, 5) is 40.1. The first-order chi connectivity index (χ1) is 19.2. The molecule has 7 heteroatoms. The molecule has 2 aliphatic heterocycles. The minimum atomic E-state index is -0.328. The van der Waals surface area contributed by atoms with Crippen molar-refractivity contribution < 1.29 is 14.4 Å². The second-order valence-electron chi connectivity index (χ2n) is 12.2. The number of carbonyl (C=O) groups excluding carboxylic acids is 3. The Labute approximate surface area is 235 Å². The Bertz CT molecular complexity index is 1490. The van der Waals surface area contributed by atoms with Crippen LogP contribution in [0.2, 0.25) is 0 Å². The number of rotatable bonds is 5. The van der Waals surface area contributed by atoms with Crippen molar-refractivity contribution in [1.82, 2.24) is 20.9 Å². The molecule has 2 atom stereocenters. The van der Waals surface area contributed by atoms with Gasteiger partial charge in [0.05, 0.1) is 0 Å². The lowest BCUT2D eigenvalue weighted by molar-refractivity contribution is -0.122. The maximum Gasteiger partial charge on any atom is 0.318 e. The van der Waals surface area contributed by atoms with Crippen molar-refractivity contribution in [2.45, 2.75) is 64.7 Å². The Morgan fingerprint density at radius 2 is 1.77 bits per heavy atom. The molecule has 0 aromatic heterocycles. The first-order valence-corrected chi connectivity index (χ1v) is 14.1. The van der Waals surface area contributed by atoms with E-state index in [9.17, 15) is 14.4 Å². The molecule has 1 aliphatic carbocycles. The van der Waals surface area contributed by atoms with E-state index in [1.807, 2.05) is 56.0 Å². The maximum atomic E-state index is 13.1. The van der Waals surface area contributed by atoms with Gasteiger partial charge in [-0.05, 0) is 90.6 Å². The fourth-order valence-corrected chi connectivity index (χ4v) is 6.02. The number of carbonyl (C=O) groups is 3. The standard InChI is InChI=1S/C33H36N4O3/c1-33(2,3)36-32(40)37-14-13-26-24(21-9-12-25-23(15-21)18-35-30(25)38)11-10-22(29(26)19-37)17-34-31(39)28-16-27(28)20-7-5-4-6-8-20/h4-12,15,27-28H,13-14,16-19H2,1-3H3,(H,34,39)(H,35,38)(H,36,40)/t27-,28?/m0/s1. The van der Waals surface area contributed by atoms with Crippen molar-refractivity contribution in [1.29, 1.82) is 0 Å². The topological polar surface area (TPSA) is 90.5 Å². The predicted molar refractivity (Wildman–Crippen MR) is 155 cm³/mol. The van der Waals surface area contributed by atoms with Crippen molar-refractivity contribution >= 4 is 17.8 Å². The van der Waals surface area contributed by atoms with E-state index in [0.717, 1.165) is 46.2 Å². The Hall–Kier alpha value is -4.13. The number of amides is 4. The van der Waals surface area contributed by atoms with E-state index in [2.05, 4.69) is 46.3 Å². The van der Waals surface area contributed by atoms with Crippen LogP contribution in [0.5, 0.6) is 0 Å². The summed E-state index contributed by atoms with van der Waals surface area (Å²) in [7, 11) is 0. The molecule has 0 bridgehead atoms. The van der Waals surface area contributed by atoms with Crippen LogP contribution in [-0.4, -0.2) is 34.8 Å². The normalized spacial score (nSPS) is 19.4. The SMILES string of the molecule is CC(C)(C)NC(=O)N1CCc2c(-c3ccc4c(c3)CNC4=O)ccc(CNC(=O)C3C[C@H]3c3ccccc3)c2C1. The van der Waals surface area contributed by atoms with E-state index < -0.39 is 0 Å². The second kappa shape index (κ2) is 10.1. The molecule has 1 unspecified atom stereocenters. The van der Waals surface area contributed by atoms with E-state index in [1.165, 1.54) is 11.1 Å². The van der Waals surface area contributed by atoms with E-state index in [-0.39, 0.29) is 35.2 Å².